The van der Waals surface area contributed by atoms with E-state index < -0.39 is 5.60 Å². The van der Waals surface area contributed by atoms with E-state index >= 15 is 0 Å². The Morgan fingerprint density at radius 2 is 1.87 bits per heavy atom. The number of nitrogens with zero attached hydrogens (tertiary/aromatic N) is 1. The third-order valence-corrected chi connectivity index (χ3v) is 4.81. The summed E-state index contributed by atoms with van der Waals surface area (Å²) in [6.07, 6.45) is 3.71. The van der Waals surface area contributed by atoms with Crippen LogP contribution in [0.2, 0.25) is 0 Å². The lowest BCUT2D eigenvalue weighted by Crippen LogP contribution is -2.44. The number of rotatable bonds is 6. The molecule has 2 saturated carbocycles. The summed E-state index contributed by atoms with van der Waals surface area (Å²) in [5.41, 5.74) is -0.496. The molecule has 2 rings (SSSR count). The van der Waals surface area contributed by atoms with Crippen LogP contribution in [0.4, 0.5) is 4.79 Å². The van der Waals surface area contributed by atoms with Crippen LogP contribution in [-0.2, 0) is 14.3 Å². The minimum absolute atomic E-state index is 0.0136. The highest BCUT2D eigenvalue weighted by atomic mass is 16.6. The maximum atomic E-state index is 12.6. The van der Waals surface area contributed by atoms with E-state index in [1.165, 1.54) is 0 Å². The number of fused-ring (bicyclic) bond motifs is 1. The van der Waals surface area contributed by atoms with Gasteiger partial charge in [0.15, 0.2) is 0 Å². The fraction of sp³-hybridized carbons (Fsp3) is 0.889. The van der Waals surface area contributed by atoms with Crippen LogP contribution in [0.25, 0.3) is 0 Å². The Morgan fingerprint density at radius 3 is 2.43 bits per heavy atom. The zero-order valence-corrected chi connectivity index (χ0v) is 15.1. The Kier molecular flexibility index (Phi) is 5.58. The van der Waals surface area contributed by atoms with Crippen molar-refractivity contribution in [2.24, 2.45) is 17.8 Å². The van der Waals surface area contributed by atoms with E-state index in [-0.39, 0.29) is 29.9 Å². The topological polar surface area (TPSA) is 55.8 Å². The molecule has 2 aliphatic carbocycles. The first-order valence-corrected chi connectivity index (χ1v) is 8.96. The Labute approximate surface area is 139 Å². The molecule has 0 aromatic rings. The molecule has 0 aromatic heterocycles. The van der Waals surface area contributed by atoms with Gasteiger partial charge in [0.1, 0.15) is 5.60 Å². The molecule has 5 heteroatoms. The van der Waals surface area contributed by atoms with E-state index in [0.29, 0.717) is 19.1 Å². The van der Waals surface area contributed by atoms with Gasteiger partial charge in [0.05, 0.1) is 12.5 Å². The van der Waals surface area contributed by atoms with Crippen LogP contribution in [0.1, 0.15) is 60.3 Å². The highest BCUT2D eigenvalue weighted by molar-refractivity contribution is 5.77. The second-order valence-corrected chi connectivity index (χ2v) is 7.69. The van der Waals surface area contributed by atoms with Gasteiger partial charge in [0.2, 0.25) is 0 Å². The molecular formula is C18H31NO4. The molecule has 132 valence electrons. The summed E-state index contributed by atoms with van der Waals surface area (Å²) in [5.74, 6) is 0.552. The van der Waals surface area contributed by atoms with Crippen molar-refractivity contribution in [2.45, 2.75) is 71.9 Å². The molecule has 0 N–H and O–H groups in total. The largest absolute Gasteiger partial charge is 0.466 e. The summed E-state index contributed by atoms with van der Waals surface area (Å²) in [7, 11) is 0. The number of carbonyl (C=O) groups is 2. The van der Waals surface area contributed by atoms with Crippen molar-refractivity contribution in [3.8, 4) is 0 Å². The highest BCUT2D eigenvalue weighted by Gasteiger charge is 2.64. The minimum atomic E-state index is -0.496. The summed E-state index contributed by atoms with van der Waals surface area (Å²) < 4.78 is 10.8. The lowest BCUT2D eigenvalue weighted by atomic mass is 10.1. The second-order valence-electron chi connectivity index (χ2n) is 7.69. The van der Waals surface area contributed by atoms with Crippen molar-refractivity contribution >= 4 is 12.1 Å². The summed E-state index contributed by atoms with van der Waals surface area (Å²) in [5, 5.41) is 0. The number of hydrogen-bond acceptors (Lipinski definition) is 4. The van der Waals surface area contributed by atoms with E-state index in [4.69, 9.17) is 9.47 Å². The smallest absolute Gasteiger partial charge is 0.410 e. The van der Waals surface area contributed by atoms with Crippen LogP contribution in [0.15, 0.2) is 0 Å². The van der Waals surface area contributed by atoms with Gasteiger partial charge in [-0.05, 0) is 58.8 Å². The molecule has 23 heavy (non-hydrogen) atoms. The molecule has 0 unspecified atom stereocenters. The van der Waals surface area contributed by atoms with Crippen LogP contribution in [0, 0.1) is 17.8 Å². The molecule has 0 radical (unpaired) electrons. The first-order chi connectivity index (χ1) is 10.8. The molecule has 4 atom stereocenters. The summed E-state index contributed by atoms with van der Waals surface area (Å²) in [6.45, 7) is 10.7. The van der Waals surface area contributed by atoms with Gasteiger partial charge in [-0.2, -0.15) is 0 Å². The van der Waals surface area contributed by atoms with E-state index in [1.807, 2.05) is 32.6 Å². The van der Waals surface area contributed by atoms with Gasteiger partial charge < -0.3 is 14.4 Å². The van der Waals surface area contributed by atoms with Gasteiger partial charge in [-0.1, -0.05) is 13.3 Å². The number of unbranched alkanes of at least 4 members (excludes halogenated alkanes) is 1. The maximum absolute atomic E-state index is 12.6. The summed E-state index contributed by atoms with van der Waals surface area (Å²) >= 11 is 0. The van der Waals surface area contributed by atoms with Gasteiger partial charge in [-0.3, -0.25) is 4.79 Å². The fourth-order valence-corrected chi connectivity index (χ4v) is 3.83. The van der Waals surface area contributed by atoms with E-state index in [0.717, 1.165) is 25.7 Å². The van der Waals surface area contributed by atoms with Crippen molar-refractivity contribution in [3.05, 3.63) is 0 Å². The molecule has 0 aliphatic heterocycles. The molecule has 0 aromatic carbocycles. The molecular weight excluding hydrogens is 294 g/mol. The Balaban J connectivity index is 2.04. The second kappa shape index (κ2) is 7.10. The number of ether oxygens (including phenoxy) is 2. The zero-order chi connectivity index (χ0) is 17.2. The number of amides is 1. The molecule has 0 saturated heterocycles. The van der Waals surface area contributed by atoms with Crippen molar-refractivity contribution in [1.29, 1.82) is 0 Å². The fourth-order valence-electron chi connectivity index (χ4n) is 3.83. The van der Waals surface area contributed by atoms with Crippen LogP contribution >= 0.6 is 0 Å². The molecule has 1 amide bonds. The summed E-state index contributed by atoms with van der Waals surface area (Å²) in [4.78, 5) is 26.5. The molecule has 0 spiro atoms. The lowest BCUT2D eigenvalue weighted by molar-refractivity contribution is -0.145. The van der Waals surface area contributed by atoms with Crippen molar-refractivity contribution in [1.82, 2.24) is 4.90 Å². The number of esters is 1. The third kappa shape index (κ3) is 4.18. The normalized spacial score (nSPS) is 28.9. The van der Waals surface area contributed by atoms with Crippen LogP contribution in [0.3, 0.4) is 0 Å². The monoisotopic (exact) mass is 325 g/mol. The van der Waals surface area contributed by atoms with Gasteiger partial charge in [0, 0.05) is 12.6 Å². The van der Waals surface area contributed by atoms with Gasteiger partial charge >= 0.3 is 12.1 Å². The molecule has 0 bridgehead atoms. The van der Waals surface area contributed by atoms with Gasteiger partial charge in [-0.15, -0.1) is 0 Å². The zero-order valence-electron chi connectivity index (χ0n) is 15.1. The first-order valence-electron chi connectivity index (χ1n) is 8.96. The van der Waals surface area contributed by atoms with Crippen LogP contribution < -0.4 is 0 Å². The molecule has 0 heterocycles. The number of hydrogen-bond donors (Lipinski definition) is 0. The summed E-state index contributed by atoms with van der Waals surface area (Å²) in [6, 6.07) is 0.121. The quantitative estimate of drug-likeness (QED) is 0.700. The molecule has 2 aliphatic rings. The Bertz CT molecular complexity index is 443. The molecule has 2 fully saturated rings. The van der Waals surface area contributed by atoms with Crippen LogP contribution in [-0.4, -0.2) is 41.8 Å². The third-order valence-electron chi connectivity index (χ3n) is 4.81. The Morgan fingerprint density at radius 1 is 1.17 bits per heavy atom. The highest BCUT2D eigenvalue weighted by Crippen LogP contribution is 2.59. The maximum Gasteiger partial charge on any atom is 0.410 e. The van der Waals surface area contributed by atoms with Crippen molar-refractivity contribution in [3.63, 3.8) is 0 Å². The predicted molar refractivity (Wildman–Crippen MR) is 88.0 cm³/mol. The van der Waals surface area contributed by atoms with E-state index in [1.54, 1.807) is 0 Å². The standard InChI is InChI=1S/C18H31NO4/c1-6-8-11-19(17(21)23-18(3,4)5)13-10-9-12-14(13)15(12)16(20)22-7-2/h12-15H,6-11H2,1-5H3/t12-,13+,14-,15+/m1/s1. The lowest BCUT2D eigenvalue weighted by Gasteiger charge is -2.33. The SMILES string of the molecule is CCCCN(C(=O)OC(C)(C)C)[C@H]1CC[C@H]2[C@H](C(=O)OCC)[C@H]21. The average Bonchev–Trinajstić information content (AvgIpc) is 3.01. The first kappa shape index (κ1) is 18.1. The van der Waals surface area contributed by atoms with Crippen LogP contribution in [0.5, 0.6) is 0 Å². The van der Waals surface area contributed by atoms with Gasteiger partial charge in [0.25, 0.3) is 0 Å². The van der Waals surface area contributed by atoms with Gasteiger partial charge in [-0.25, -0.2) is 4.79 Å². The van der Waals surface area contributed by atoms with E-state index in [9.17, 15) is 9.59 Å². The minimum Gasteiger partial charge on any atom is -0.466 e. The van der Waals surface area contributed by atoms with Crippen molar-refractivity contribution < 1.29 is 19.1 Å². The Hall–Kier alpha value is -1.26. The number of carbonyl (C=O) groups excluding carboxylic acids is 2. The average molecular weight is 325 g/mol. The predicted octanol–water partition coefficient (Wildman–Crippen LogP) is 3.61. The molecule has 5 nitrogen and oxygen atoms in total. The van der Waals surface area contributed by atoms with E-state index in [2.05, 4.69) is 6.92 Å². The van der Waals surface area contributed by atoms with Crippen molar-refractivity contribution in [2.75, 3.05) is 13.2 Å².